The van der Waals surface area contributed by atoms with E-state index in [2.05, 4.69) is 14.6 Å². The van der Waals surface area contributed by atoms with Crippen molar-refractivity contribution >= 4 is 11.7 Å². The van der Waals surface area contributed by atoms with Crippen molar-refractivity contribution in [3.63, 3.8) is 0 Å². The summed E-state index contributed by atoms with van der Waals surface area (Å²) in [6, 6.07) is 1.53. The maximum absolute atomic E-state index is 11.5. The van der Waals surface area contributed by atoms with Gasteiger partial charge in [-0.25, -0.2) is 9.78 Å². The van der Waals surface area contributed by atoms with E-state index in [9.17, 15) is 4.79 Å². The number of hydrogen-bond acceptors (Lipinski definition) is 6. The van der Waals surface area contributed by atoms with E-state index in [1.54, 1.807) is 0 Å². The average Bonchev–Trinajstić information content (AvgIpc) is 2.49. The van der Waals surface area contributed by atoms with E-state index in [-0.39, 0.29) is 11.3 Å². The Morgan fingerprint density at radius 1 is 1.40 bits per heavy atom. The zero-order chi connectivity index (χ0) is 14.4. The molecule has 1 aromatic heterocycles. The molecule has 0 amide bonds. The molecule has 1 saturated heterocycles. The van der Waals surface area contributed by atoms with Crippen LogP contribution in [-0.2, 0) is 4.74 Å². The summed E-state index contributed by atoms with van der Waals surface area (Å²) < 4.78 is 10.3. The van der Waals surface area contributed by atoms with Crippen molar-refractivity contribution in [1.29, 1.82) is 0 Å². The highest BCUT2D eigenvalue weighted by atomic mass is 16.5. The van der Waals surface area contributed by atoms with E-state index in [1.807, 2.05) is 0 Å². The first-order chi connectivity index (χ1) is 9.72. The normalized spacial score (nSPS) is 15.8. The molecule has 0 aromatic carbocycles. The maximum Gasteiger partial charge on any atom is 0.340 e. The van der Waals surface area contributed by atoms with Crippen molar-refractivity contribution in [2.45, 2.75) is 19.3 Å². The lowest BCUT2D eigenvalue weighted by Crippen LogP contribution is -2.33. The van der Waals surface area contributed by atoms with Gasteiger partial charge in [-0.05, 0) is 32.0 Å². The van der Waals surface area contributed by atoms with Crippen molar-refractivity contribution in [1.82, 2.24) is 9.88 Å². The number of nitrogens with zero attached hydrogens (tertiary/aromatic N) is 2. The Kier molecular flexibility index (Phi) is 5.17. The van der Waals surface area contributed by atoms with Crippen LogP contribution in [0.5, 0.6) is 5.88 Å². The first kappa shape index (κ1) is 14.6. The smallest absolute Gasteiger partial charge is 0.340 e. The molecule has 6 heteroatoms. The lowest BCUT2D eigenvalue weighted by Gasteiger charge is -2.26. The molecule has 1 fully saturated rings. The lowest BCUT2D eigenvalue weighted by molar-refractivity contribution is 0.0601. The number of hydrogen-bond donors (Lipinski definition) is 1. The highest BCUT2D eigenvalue weighted by Crippen LogP contribution is 2.22. The number of esters is 1. The third-order valence-corrected chi connectivity index (χ3v) is 3.45. The quantitative estimate of drug-likeness (QED) is 0.819. The van der Waals surface area contributed by atoms with Gasteiger partial charge in [0.2, 0.25) is 5.88 Å². The molecule has 0 saturated carbocycles. The maximum atomic E-state index is 11.5. The van der Waals surface area contributed by atoms with E-state index in [0.717, 1.165) is 19.6 Å². The predicted octanol–water partition coefficient (Wildman–Crippen LogP) is 1.32. The number of nitrogens with two attached hydrogens (primary N) is 1. The number of nitrogen functional groups attached to an aromatic ring is 1. The summed E-state index contributed by atoms with van der Waals surface area (Å²) in [5.74, 6) is -0.185. The van der Waals surface area contributed by atoms with Gasteiger partial charge in [-0.3, -0.25) is 4.90 Å². The van der Waals surface area contributed by atoms with E-state index in [4.69, 9.17) is 10.5 Å². The Bertz CT molecular complexity index is 459. The number of pyridine rings is 1. The monoisotopic (exact) mass is 279 g/mol. The first-order valence-corrected chi connectivity index (χ1v) is 6.90. The topological polar surface area (TPSA) is 77.7 Å². The van der Waals surface area contributed by atoms with Crippen LogP contribution in [0.3, 0.4) is 0 Å². The second kappa shape index (κ2) is 7.09. The number of carbonyl (C=O) groups excluding carboxylic acids is 1. The van der Waals surface area contributed by atoms with Gasteiger partial charge in [-0.2, -0.15) is 0 Å². The Morgan fingerprint density at radius 2 is 2.15 bits per heavy atom. The Hall–Kier alpha value is -1.82. The molecule has 1 aliphatic rings. The van der Waals surface area contributed by atoms with Gasteiger partial charge in [0.15, 0.2) is 0 Å². The molecule has 1 aliphatic heterocycles. The molecular formula is C14H21N3O3. The van der Waals surface area contributed by atoms with Gasteiger partial charge in [0.05, 0.1) is 12.7 Å². The van der Waals surface area contributed by atoms with Gasteiger partial charge in [0.25, 0.3) is 0 Å². The first-order valence-electron chi connectivity index (χ1n) is 6.90. The van der Waals surface area contributed by atoms with E-state index in [0.29, 0.717) is 12.5 Å². The highest BCUT2D eigenvalue weighted by molar-refractivity contribution is 5.95. The third-order valence-electron chi connectivity index (χ3n) is 3.45. The molecule has 0 radical (unpaired) electrons. The number of piperidine rings is 1. The number of anilines is 1. The Labute approximate surface area is 118 Å². The number of rotatable bonds is 5. The minimum atomic E-state index is -0.481. The molecule has 2 rings (SSSR count). The number of likely N-dealkylation sites (tertiary alicyclic amines) is 1. The van der Waals surface area contributed by atoms with Crippen LogP contribution in [0.4, 0.5) is 5.69 Å². The summed E-state index contributed by atoms with van der Waals surface area (Å²) >= 11 is 0. The van der Waals surface area contributed by atoms with Crippen LogP contribution in [0.15, 0.2) is 12.3 Å². The Morgan fingerprint density at radius 3 is 2.85 bits per heavy atom. The fourth-order valence-electron chi connectivity index (χ4n) is 2.31. The van der Waals surface area contributed by atoms with Crippen LogP contribution in [-0.4, -0.2) is 49.2 Å². The van der Waals surface area contributed by atoms with Gasteiger partial charge in [-0.15, -0.1) is 0 Å². The fraction of sp³-hybridized carbons (Fsp3) is 0.571. The van der Waals surface area contributed by atoms with E-state index >= 15 is 0 Å². The van der Waals surface area contributed by atoms with Gasteiger partial charge in [0, 0.05) is 12.7 Å². The van der Waals surface area contributed by atoms with Crippen LogP contribution >= 0.6 is 0 Å². The number of carbonyl (C=O) groups is 1. The molecule has 0 unspecified atom stereocenters. The molecule has 6 nitrogen and oxygen atoms in total. The largest absolute Gasteiger partial charge is 0.475 e. The summed E-state index contributed by atoms with van der Waals surface area (Å²) in [5, 5.41) is 0. The Balaban J connectivity index is 1.90. The molecule has 2 N–H and O–H groups in total. The van der Waals surface area contributed by atoms with E-state index < -0.39 is 5.97 Å². The average molecular weight is 279 g/mol. The molecule has 2 heterocycles. The third kappa shape index (κ3) is 3.60. The van der Waals surface area contributed by atoms with Crippen molar-refractivity contribution < 1.29 is 14.3 Å². The fourth-order valence-corrected chi connectivity index (χ4v) is 2.31. The molecule has 1 aromatic rings. The van der Waals surface area contributed by atoms with Gasteiger partial charge in [-0.1, -0.05) is 6.42 Å². The molecular weight excluding hydrogens is 258 g/mol. The zero-order valence-corrected chi connectivity index (χ0v) is 11.8. The minimum absolute atomic E-state index is 0.234. The summed E-state index contributed by atoms with van der Waals surface area (Å²) in [6.07, 6.45) is 5.31. The van der Waals surface area contributed by atoms with Crippen LogP contribution in [0.1, 0.15) is 29.6 Å². The molecule has 0 bridgehead atoms. The molecule has 110 valence electrons. The zero-order valence-electron chi connectivity index (χ0n) is 11.8. The summed E-state index contributed by atoms with van der Waals surface area (Å²) in [6.45, 7) is 3.61. The van der Waals surface area contributed by atoms with Gasteiger partial charge in [0.1, 0.15) is 12.3 Å². The van der Waals surface area contributed by atoms with Crippen LogP contribution < -0.4 is 10.5 Å². The standard InChI is InChI=1S/C14H21N3O3/c1-19-14(18)11-5-6-16-13(12(11)15)20-10-9-17-7-3-2-4-8-17/h5-6H,2-4,7-10,15H2,1H3. The van der Waals surface area contributed by atoms with E-state index in [1.165, 1.54) is 38.6 Å². The van der Waals surface area contributed by atoms with Crippen molar-refractivity contribution in [3.8, 4) is 5.88 Å². The second-order valence-electron chi connectivity index (χ2n) is 4.82. The molecule has 20 heavy (non-hydrogen) atoms. The summed E-state index contributed by atoms with van der Waals surface area (Å²) in [5.41, 5.74) is 6.40. The SMILES string of the molecule is COC(=O)c1ccnc(OCCN2CCCCC2)c1N. The predicted molar refractivity (Wildman–Crippen MR) is 75.8 cm³/mol. The number of aromatic nitrogens is 1. The summed E-state index contributed by atoms with van der Waals surface area (Å²) in [4.78, 5) is 17.9. The second-order valence-corrected chi connectivity index (χ2v) is 4.82. The van der Waals surface area contributed by atoms with Crippen LogP contribution in [0.2, 0.25) is 0 Å². The van der Waals surface area contributed by atoms with Gasteiger partial charge < -0.3 is 15.2 Å². The van der Waals surface area contributed by atoms with Gasteiger partial charge >= 0.3 is 5.97 Å². The van der Waals surface area contributed by atoms with Crippen LogP contribution in [0, 0.1) is 0 Å². The number of ether oxygens (including phenoxy) is 2. The van der Waals surface area contributed by atoms with Crippen molar-refractivity contribution in [2.75, 3.05) is 39.1 Å². The van der Waals surface area contributed by atoms with Crippen LogP contribution in [0.25, 0.3) is 0 Å². The van der Waals surface area contributed by atoms with Crippen molar-refractivity contribution in [2.24, 2.45) is 0 Å². The number of methoxy groups -OCH3 is 1. The molecule has 0 aliphatic carbocycles. The highest BCUT2D eigenvalue weighted by Gasteiger charge is 2.15. The lowest BCUT2D eigenvalue weighted by atomic mass is 10.1. The molecule has 0 spiro atoms. The molecule has 0 atom stereocenters. The minimum Gasteiger partial charge on any atom is -0.475 e. The summed E-state index contributed by atoms with van der Waals surface area (Å²) in [7, 11) is 1.32. The van der Waals surface area contributed by atoms with Crippen molar-refractivity contribution in [3.05, 3.63) is 17.8 Å².